The van der Waals surface area contributed by atoms with Crippen LogP contribution < -0.4 is 21.7 Å². The molecule has 3 unspecified atom stereocenters. The van der Waals surface area contributed by atoms with E-state index < -0.39 is 48.4 Å². The molecule has 3 aromatic carbocycles. The molecule has 10 heteroatoms. The van der Waals surface area contributed by atoms with E-state index in [1.807, 2.05) is 30.3 Å². The van der Waals surface area contributed by atoms with E-state index in [0.29, 0.717) is 5.56 Å². The summed E-state index contributed by atoms with van der Waals surface area (Å²) >= 11 is 0. The summed E-state index contributed by atoms with van der Waals surface area (Å²) in [5.41, 5.74) is 8.18. The summed E-state index contributed by atoms with van der Waals surface area (Å²) in [5.74, 6) is -3.06. The van der Waals surface area contributed by atoms with E-state index in [4.69, 9.17) is 5.73 Å². The molecule has 0 radical (unpaired) electrons. The van der Waals surface area contributed by atoms with E-state index in [0.717, 1.165) is 11.1 Å². The van der Waals surface area contributed by atoms with Crippen molar-refractivity contribution < 1.29 is 29.4 Å². The lowest BCUT2D eigenvalue weighted by atomic mass is 10.0. The van der Waals surface area contributed by atoms with Crippen molar-refractivity contribution in [2.75, 3.05) is 6.54 Å². The molecule has 0 aromatic heterocycles. The minimum atomic E-state index is -1.23. The third-order valence-electron chi connectivity index (χ3n) is 5.98. The Balaban J connectivity index is 1.64. The van der Waals surface area contributed by atoms with Crippen molar-refractivity contribution in [2.45, 2.75) is 37.4 Å². The van der Waals surface area contributed by atoms with Gasteiger partial charge in [-0.05, 0) is 35.2 Å². The third-order valence-corrected chi connectivity index (χ3v) is 5.98. The highest BCUT2D eigenvalue weighted by atomic mass is 16.4. The number of carbonyl (C=O) groups excluding carboxylic acids is 3. The van der Waals surface area contributed by atoms with E-state index in [9.17, 15) is 29.4 Å². The smallest absolute Gasteiger partial charge is 0.326 e. The number of rotatable bonds is 13. The van der Waals surface area contributed by atoms with Crippen molar-refractivity contribution in [3.05, 3.63) is 102 Å². The zero-order valence-corrected chi connectivity index (χ0v) is 21.2. The first-order valence-electron chi connectivity index (χ1n) is 12.4. The second-order valence-electron chi connectivity index (χ2n) is 9.09. The number of amides is 3. The topological polar surface area (TPSA) is 171 Å². The first-order chi connectivity index (χ1) is 18.7. The second kappa shape index (κ2) is 14.3. The quantitative estimate of drug-likeness (QED) is 0.190. The predicted molar refractivity (Wildman–Crippen MR) is 145 cm³/mol. The largest absolute Gasteiger partial charge is 0.508 e. The van der Waals surface area contributed by atoms with E-state index >= 15 is 0 Å². The number of aliphatic carboxylic acids is 1. The Morgan fingerprint density at radius 2 is 1.18 bits per heavy atom. The van der Waals surface area contributed by atoms with Gasteiger partial charge in [-0.15, -0.1) is 0 Å². The van der Waals surface area contributed by atoms with Gasteiger partial charge in [0.2, 0.25) is 17.7 Å². The van der Waals surface area contributed by atoms with Crippen LogP contribution in [0.1, 0.15) is 16.7 Å². The van der Waals surface area contributed by atoms with Crippen LogP contribution in [0.2, 0.25) is 0 Å². The Kier molecular flexibility index (Phi) is 10.6. The monoisotopic (exact) mass is 532 g/mol. The Morgan fingerprint density at radius 1 is 0.667 bits per heavy atom. The van der Waals surface area contributed by atoms with Gasteiger partial charge in [0.1, 0.15) is 17.8 Å². The van der Waals surface area contributed by atoms with Crippen LogP contribution in [0.4, 0.5) is 0 Å². The number of carboxylic acids is 1. The molecule has 7 N–H and O–H groups in total. The molecule has 0 heterocycles. The number of hydrogen-bond donors (Lipinski definition) is 6. The summed E-state index contributed by atoms with van der Waals surface area (Å²) < 4.78 is 0. The van der Waals surface area contributed by atoms with Gasteiger partial charge in [-0.2, -0.15) is 0 Å². The van der Waals surface area contributed by atoms with Gasteiger partial charge in [-0.25, -0.2) is 4.79 Å². The highest BCUT2D eigenvalue weighted by molar-refractivity contribution is 5.92. The number of nitrogens with two attached hydrogens (primary N) is 1. The van der Waals surface area contributed by atoms with Crippen LogP contribution in [0.15, 0.2) is 84.9 Å². The maximum Gasteiger partial charge on any atom is 0.326 e. The lowest BCUT2D eigenvalue weighted by molar-refractivity contribution is -0.142. The molecule has 0 aliphatic heterocycles. The first kappa shape index (κ1) is 28.9. The molecule has 3 rings (SSSR count). The molecule has 0 fully saturated rings. The molecule has 3 aromatic rings. The fourth-order valence-corrected chi connectivity index (χ4v) is 3.90. The van der Waals surface area contributed by atoms with Gasteiger partial charge in [0.25, 0.3) is 0 Å². The molecule has 3 atom stereocenters. The summed E-state index contributed by atoms with van der Waals surface area (Å²) in [6.45, 7) is -0.424. The van der Waals surface area contributed by atoms with E-state index in [-0.39, 0.29) is 25.0 Å². The van der Waals surface area contributed by atoms with Crippen molar-refractivity contribution in [1.29, 1.82) is 0 Å². The van der Waals surface area contributed by atoms with Crippen LogP contribution in [-0.2, 0) is 38.4 Å². The summed E-state index contributed by atoms with van der Waals surface area (Å²) in [5, 5.41) is 26.8. The van der Waals surface area contributed by atoms with Crippen molar-refractivity contribution in [3.8, 4) is 5.75 Å². The Morgan fingerprint density at radius 3 is 1.74 bits per heavy atom. The number of phenolic OH excluding ortho intramolecular Hbond substituents is 1. The highest BCUT2D eigenvalue weighted by Crippen LogP contribution is 2.12. The Hall–Kier alpha value is -4.70. The van der Waals surface area contributed by atoms with Gasteiger partial charge in [0, 0.05) is 12.8 Å². The molecular weight excluding hydrogens is 500 g/mol. The van der Waals surface area contributed by atoms with Crippen LogP contribution in [-0.4, -0.2) is 58.6 Å². The van der Waals surface area contributed by atoms with Crippen molar-refractivity contribution in [2.24, 2.45) is 5.73 Å². The number of nitrogens with one attached hydrogen (secondary N) is 3. The van der Waals surface area contributed by atoms with Crippen molar-refractivity contribution >= 4 is 23.7 Å². The maximum atomic E-state index is 13.2. The fraction of sp³-hybridized carbons (Fsp3) is 0.241. The molecule has 0 spiro atoms. The second-order valence-corrected chi connectivity index (χ2v) is 9.09. The number of phenols is 1. The molecular formula is C29H32N4O6. The molecule has 3 amide bonds. The van der Waals surface area contributed by atoms with Gasteiger partial charge < -0.3 is 31.9 Å². The number of aromatic hydroxyl groups is 1. The van der Waals surface area contributed by atoms with Gasteiger partial charge >= 0.3 is 5.97 Å². The van der Waals surface area contributed by atoms with Crippen molar-refractivity contribution in [3.63, 3.8) is 0 Å². The zero-order chi connectivity index (χ0) is 28.2. The van der Waals surface area contributed by atoms with Gasteiger partial charge in [0.15, 0.2) is 0 Å². The molecule has 39 heavy (non-hydrogen) atoms. The van der Waals surface area contributed by atoms with Gasteiger partial charge in [0.05, 0.1) is 12.6 Å². The fourth-order valence-electron chi connectivity index (χ4n) is 3.90. The molecule has 0 aliphatic rings. The van der Waals surface area contributed by atoms with Crippen molar-refractivity contribution in [1.82, 2.24) is 16.0 Å². The van der Waals surface area contributed by atoms with E-state index in [2.05, 4.69) is 16.0 Å². The minimum absolute atomic E-state index is 0.0248. The minimum Gasteiger partial charge on any atom is -0.508 e. The summed E-state index contributed by atoms with van der Waals surface area (Å²) in [6, 6.07) is 20.9. The van der Waals surface area contributed by atoms with Crippen LogP contribution >= 0.6 is 0 Å². The molecule has 0 saturated heterocycles. The number of benzene rings is 3. The molecule has 0 bridgehead atoms. The van der Waals surface area contributed by atoms with Crippen LogP contribution in [0.25, 0.3) is 0 Å². The Labute approximate surface area is 226 Å². The summed E-state index contributed by atoms with van der Waals surface area (Å²) in [6.07, 6.45) is 0.367. The first-order valence-corrected chi connectivity index (χ1v) is 12.4. The van der Waals surface area contributed by atoms with Gasteiger partial charge in [-0.3, -0.25) is 14.4 Å². The lowest BCUT2D eigenvalue weighted by Crippen LogP contribution is -2.55. The third kappa shape index (κ3) is 9.60. The number of hydrogen-bond acceptors (Lipinski definition) is 6. The lowest BCUT2D eigenvalue weighted by Gasteiger charge is -2.22. The standard InChI is InChI=1S/C29H32N4O6/c30-23(15-19-7-3-1-4-8-19)27(36)31-18-26(35)32-24(16-21-11-13-22(34)14-12-21)28(37)33-25(29(38)39)17-20-9-5-2-6-10-20/h1-14,23-25,34H,15-18,30H2,(H,31,36)(H,32,35)(H,33,37)(H,38,39). The molecule has 0 aliphatic carbocycles. The number of carboxylic acid groups (broad SMARTS) is 1. The van der Waals surface area contributed by atoms with Crippen LogP contribution in [0.3, 0.4) is 0 Å². The molecule has 204 valence electrons. The summed E-state index contributed by atoms with van der Waals surface area (Å²) in [4.78, 5) is 50.1. The summed E-state index contributed by atoms with van der Waals surface area (Å²) in [7, 11) is 0. The predicted octanol–water partition coefficient (Wildman–Crippen LogP) is 0.918. The van der Waals surface area contributed by atoms with Crippen LogP contribution in [0.5, 0.6) is 5.75 Å². The maximum absolute atomic E-state index is 13.2. The number of carbonyl (C=O) groups is 4. The van der Waals surface area contributed by atoms with Crippen LogP contribution in [0, 0.1) is 0 Å². The molecule has 0 saturated carbocycles. The average molecular weight is 533 g/mol. The van der Waals surface area contributed by atoms with E-state index in [1.165, 1.54) is 12.1 Å². The normalized spacial score (nSPS) is 12.9. The molecule has 10 nitrogen and oxygen atoms in total. The Bertz CT molecular complexity index is 1250. The average Bonchev–Trinajstić information content (AvgIpc) is 2.93. The highest BCUT2D eigenvalue weighted by Gasteiger charge is 2.27. The van der Waals surface area contributed by atoms with E-state index in [1.54, 1.807) is 42.5 Å². The SMILES string of the molecule is NC(Cc1ccccc1)C(=O)NCC(=O)NC(Cc1ccc(O)cc1)C(=O)NC(Cc1ccccc1)C(=O)O. The van der Waals surface area contributed by atoms with Gasteiger partial charge in [-0.1, -0.05) is 72.8 Å². The zero-order valence-electron chi connectivity index (χ0n) is 21.2.